The van der Waals surface area contributed by atoms with Crippen LogP contribution in [0.5, 0.6) is 0 Å². The van der Waals surface area contributed by atoms with Crippen molar-refractivity contribution in [3.8, 4) is 0 Å². The van der Waals surface area contributed by atoms with Gasteiger partial charge in [0.2, 0.25) is 10.0 Å². The molecule has 0 radical (unpaired) electrons. The van der Waals surface area contributed by atoms with Crippen LogP contribution in [0.2, 0.25) is 0 Å². The summed E-state index contributed by atoms with van der Waals surface area (Å²) >= 11 is 0. The summed E-state index contributed by atoms with van der Waals surface area (Å²) in [6.07, 6.45) is 3.02. The predicted molar refractivity (Wildman–Crippen MR) is 73.5 cm³/mol. The molecule has 7 nitrogen and oxygen atoms in total. The first-order valence-electron chi connectivity index (χ1n) is 5.86. The van der Waals surface area contributed by atoms with E-state index in [1.807, 2.05) is 6.07 Å². The Bertz CT molecular complexity index is 850. The summed E-state index contributed by atoms with van der Waals surface area (Å²) in [5, 5.41) is 8.41. The lowest BCUT2D eigenvalue weighted by molar-refractivity contribution is 0.448. The Morgan fingerprint density at radius 1 is 1.35 bits per heavy atom. The van der Waals surface area contributed by atoms with E-state index in [2.05, 4.69) is 15.0 Å². The zero-order chi connectivity index (χ0) is 14.2. The van der Waals surface area contributed by atoms with Crippen LogP contribution in [0.4, 0.5) is 5.69 Å². The maximum atomic E-state index is 12.1. The number of benzene rings is 1. The van der Waals surface area contributed by atoms with Crippen LogP contribution < -0.4 is 4.72 Å². The molecule has 8 heteroatoms. The van der Waals surface area contributed by atoms with Crippen molar-refractivity contribution < 1.29 is 12.9 Å². The number of anilines is 1. The van der Waals surface area contributed by atoms with Crippen molar-refractivity contribution in [3.05, 3.63) is 42.4 Å². The molecule has 0 fully saturated rings. The Kier molecular flexibility index (Phi) is 2.94. The Hall–Kier alpha value is -2.35. The molecule has 3 aromatic rings. The second-order valence-electron chi connectivity index (χ2n) is 4.39. The highest BCUT2D eigenvalue weighted by atomic mass is 32.2. The first-order valence-corrected chi connectivity index (χ1v) is 7.51. The van der Waals surface area contributed by atoms with Gasteiger partial charge in [0, 0.05) is 18.6 Å². The minimum atomic E-state index is -3.56. The Labute approximate surface area is 115 Å². The monoisotopic (exact) mass is 292 g/mol. The molecule has 0 aliphatic carbocycles. The number of sulfonamides is 1. The van der Waals surface area contributed by atoms with E-state index in [-0.39, 0.29) is 5.75 Å². The standard InChI is InChI=1S/C12H12N4O3S/c1-16-7-9(6-13-16)15-20(17,18)8-11-10-4-2-3-5-12(10)19-14-11/h2-7,15H,8H2,1H3. The molecular formula is C12H12N4O3S. The predicted octanol–water partition coefficient (Wildman–Crippen LogP) is 1.50. The van der Waals surface area contributed by atoms with Gasteiger partial charge in [0.25, 0.3) is 0 Å². The van der Waals surface area contributed by atoms with Gasteiger partial charge < -0.3 is 4.52 Å². The average Bonchev–Trinajstić information content (AvgIpc) is 2.96. The molecule has 0 saturated carbocycles. The number of hydrogen-bond acceptors (Lipinski definition) is 5. The van der Waals surface area contributed by atoms with Crippen molar-refractivity contribution in [2.24, 2.45) is 7.05 Å². The molecule has 0 spiro atoms. The molecule has 0 aliphatic rings. The molecule has 1 N–H and O–H groups in total. The summed E-state index contributed by atoms with van der Waals surface area (Å²) in [5.74, 6) is -0.251. The van der Waals surface area contributed by atoms with Gasteiger partial charge in [-0.1, -0.05) is 17.3 Å². The van der Waals surface area contributed by atoms with Crippen LogP contribution in [0, 0.1) is 0 Å². The van der Waals surface area contributed by atoms with Gasteiger partial charge >= 0.3 is 0 Å². The summed E-state index contributed by atoms with van der Waals surface area (Å²) in [5.41, 5.74) is 1.37. The quantitative estimate of drug-likeness (QED) is 0.787. The number of aryl methyl sites for hydroxylation is 1. The first-order chi connectivity index (χ1) is 9.53. The van der Waals surface area contributed by atoms with Gasteiger partial charge in [-0.25, -0.2) is 8.42 Å². The molecule has 0 unspecified atom stereocenters. The molecule has 2 heterocycles. The Morgan fingerprint density at radius 2 is 2.15 bits per heavy atom. The first kappa shape index (κ1) is 12.7. The van der Waals surface area contributed by atoms with Crippen LogP contribution in [-0.2, 0) is 22.8 Å². The van der Waals surface area contributed by atoms with E-state index in [0.29, 0.717) is 22.4 Å². The fourth-order valence-corrected chi connectivity index (χ4v) is 3.02. The van der Waals surface area contributed by atoms with Gasteiger partial charge in [-0.15, -0.1) is 0 Å². The summed E-state index contributed by atoms with van der Waals surface area (Å²) in [7, 11) is -1.85. The van der Waals surface area contributed by atoms with Crippen LogP contribution in [-0.4, -0.2) is 23.4 Å². The minimum Gasteiger partial charge on any atom is -0.356 e. The van der Waals surface area contributed by atoms with Crippen LogP contribution in [0.15, 0.2) is 41.2 Å². The fraction of sp³-hybridized carbons (Fsp3) is 0.167. The normalized spacial score (nSPS) is 11.8. The highest BCUT2D eigenvalue weighted by Gasteiger charge is 2.18. The van der Waals surface area contributed by atoms with E-state index in [9.17, 15) is 8.42 Å². The second-order valence-corrected chi connectivity index (χ2v) is 6.11. The van der Waals surface area contributed by atoms with Crippen LogP contribution in [0.3, 0.4) is 0 Å². The number of fused-ring (bicyclic) bond motifs is 1. The molecular weight excluding hydrogens is 280 g/mol. The van der Waals surface area contributed by atoms with Crippen molar-refractivity contribution in [3.63, 3.8) is 0 Å². The number of hydrogen-bond donors (Lipinski definition) is 1. The van der Waals surface area contributed by atoms with E-state index >= 15 is 0 Å². The zero-order valence-corrected chi connectivity index (χ0v) is 11.5. The third-order valence-corrected chi connectivity index (χ3v) is 3.96. The minimum absolute atomic E-state index is 0.251. The van der Waals surface area contributed by atoms with E-state index in [0.717, 1.165) is 0 Å². The van der Waals surface area contributed by atoms with E-state index in [4.69, 9.17) is 4.52 Å². The van der Waals surface area contributed by atoms with E-state index < -0.39 is 10.0 Å². The molecule has 1 aromatic carbocycles. The van der Waals surface area contributed by atoms with E-state index in [1.165, 1.54) is 10.9 Å². The molecule has 0 atom stereocenters. The van der Waals surface area contributed by atoms with Crippen LogP contribution in [0.25, 0.3) is 11.0 Å². The van der Waals surface area contributed by atoms with Gasteiger partial charge in [0.15, 0.2) is 5.58 Å². The molecule has 0 amide bonds. The Morgan fingerprint density at radius 3 is 2.90 bits per heavy atom. The van der Waals surface area contributed by atoms with E-state index in [1.54, 1.807) is 31.4 Å². The van der Waals surface area contributed by atoms with Crippen LogP contribution >= 0.6 is 0 Å². The maximum absolute atomic E-state index is 12.1. The number of nitrogens with one attached hydrogen (secondary N) is 1. The summed E-state index contributed by atoms with van der Waals surface area (Å²) in [6.45, 7) is 0. The maximum Gasteiger partial charge on any atom is 0.238 e. The molecule has 20 heavy (non-hydrogen) atoms. The fourth-order valence-electron chi connectivity index (χ4n) is 1.91. The van der Waals surface area contributed by atoms with Gasteiger partial charge in [0.05, 0.1) is 11.9 Å². The van der Waals surface area contributed by atoms with Crippen molar-refractivity contribution in [1.82, 2.24) is 14.9 Å². The molecule has 0 aliphatic heterocycles. The van der Waals surface area contributed by atoms with Gasteiger partial charge in [-0.05, 0) is 12.1 Å². The van der Waals surface area contributed by atoms with Gasteiger partial charge in [-0.3, -0.25) is 9.40 Å². The number of para-hydroxylation sites is 1. The lowest BCUT2D eigenvalue weighted by Crippen LogP contribution is -2.15. The number of nitrogens with zero attached hydrogens (tertiary/aromatic N) is 3. The highest BCUT2D eigenvalue weighted by molar-refractivity contribution is 7.91. The van der Waals surface area contributed by atoms with Crippen molar-refractivity contribution in [2.45, 2.75) is 5.75 Å². The number of aromatic nitrogens is 3. The number of rotatable bonds is 4. The molecule has 2 aromatic heterocycles. The smallest absolute Gasteiger partial charge is 0.238 e. The third kappa shape index (κ3) is 2.50. The van der Waals surface area contributed by atoms with Gasteiger partial charge in [0.1, 0.15) is 11.4 Å². The topological polar surface area (TPSA) is 90.0 Å². The highest BCUT2D eigenvalue weighted by Crippen LogP contribution is 2.20. The molecule has 104 valence electrons. The average molecular weight is 292 g/mol. The third-order valence-electron chi connectivity index (χ3n) is 2.76. The summed E-state index contributed by atoms with van der Waals surface area (Å²) in [6, 6.07) is 7.14. The second kappa shape index (κ2) is 4.64. The van der Waals surface area contributed by atoms with Crippen molar-refractivity contribution >= 4 is 26.7 Å². The van der Waals surface area contributed by atoms with Crippen molar-refractivity contribution in [1.29, 1.82) is 0 Å². The molecule has 0 saturated heterocycles. The van der Waals surface area contributed by atoms with Crippen LogP contribution in [0.1, 0.15) is 5.69 Å². The molecule has 0 bridgehead atoms. The van der Waals surface area contributed by atoms with Gasteiger partial charge in [-0.2, -0.15) is 5.10 Å². The SMILES string of the molecule is Cn1cc(NS(=O)(=O)Cc2noc3ccccc23)cn1. The lowest BCUT2D eigenvalue weighted by Gasteiger charge is -2.03. The Balaban J connectivity index is 1.86. The summed E-state index contributed by atoms with van der Waals surface area (Å²) in [4.78, 5) is 0. The largest absolute Gasteiger partial charge is 0.356 e. The van der Waals surface area contributed by atoms with Crippen molar-refractivity contribution in [2.75, 3.05) is 4.72 Å². The lowest BCUT2D eigenvalue weighted by atomic mass is 10.2. The zero-order valence-electron chi connectivity index (χ0n) is 10.6. The summed E-state index contributed by atoms with van der Waals surface area (Å²) < 4.78 is 33.2. The molecule has 3 rings (SSSR count).